The van der Waals surface area contributed by atoms with E-state index in [-0.39, 0.29) is 29.3 Å². The van der Waals surface area contributed by atoms with Crippen LogP contribution in [0.15, 0.2) is 97.5 Å². The Bertz CT molecular complexity index is 1080. The van der Waals surface area contributed by atoms with Crippen LogP contribution in [0.2, 0.25) is 5.02 Å². The summed E-state index contributed by atoms with van der Waals surface area (Å²) in [6, 6.07) is 27.4. The van der Waals surface area contributed by atoms with Crippen molar-refractivity contribution in [2.45, 2.75) is 6.54 Å². The standard InChI is InChI=1S/C24H18ClN2O.BrH/c25-22-12-10-21(11-13-22)24(28)16-27-15-14-23(26-17-27)20-8-6-19(7-9-20)18-4-2-1-3-5-18;/h1-15,17H,16H2;1H/q+1;/p-1. The topological polar surface area (TPSA) is 33.8 Å². The third kappa shape index (κ3) is 5.17. The number of ketones is 1. The molecule has 0 aliphatic heterocycles. The van der Waals surface area contributed by atoms with Crippen molar-refractivity contribution >= 4 is 17.4 Å². The van der Waals surface area contributed by atoms with Crippen molar-refractivity contribution in [3.8, 4) is 22.4 Å². The summed E-state index contributed by atoms with van der Waals surface area (Å²) in [4.78, 5) is 16.9. The van der Waals surface area contributed by atoms with Crippen molar-refractivity contribution in [1.82, 2.24) is 4.98 Å². The third-order valence-electron chi connectivity index (χ3n) is 4.55. The summed E-state index contributed by atoms with van der Waals surface area (Å²) in [6.07, 6.45) is 3.56. The van der Waals surface area contributed by atoms with Gasteiger partial charge in [-0.15, -0.1) is 0 Å². The highest BCUT2D eigenvalue weighted by atomic mass is 79.9. The van der Waals surface area contributed by atoms with E-state index in [9.17, 15) is 4.79 Å². The third-order valence-corrected chi connectivity index (χ3v) is 4.80. The van der Waals surface area contributed by atoms with Gasteiger partial charge in [-0.3, -0.25) is 4.79 Å². The van der Waals surface area contributed by atoms with E-state index in [0.29, 0.717) is 10.6 Å². The highest BCUT2D eigenvalue weighted by Crippen LogP contribution is 2.23. The first-order valence-corrected chi connectivity index (χ1v) is 9.36. The van der Waals surface area contributed by atoms with Crippen LogP contribution in [0, 0.1) is 0 Å². The highest BCUT2D eigenvalue weighted by Gasteiger charge is 2.12. The lowest BCUT2D eigenvalue weighted by atomic mass is 10.0. The Morgan fingerprint density at radius 1 is 0.793 bits per heavy atom. The number of Topliss-reactive ketones (excluding diaryl/α,β-unsaturated/α-hetero) is 1. The van der Waals surface area contributed by atoms with E-state index >= 15 is 0 Å². The summed E-state index contributed by atoms with van der Waals surface area (Å²) in [5, 5.41) is 0.619. The van der Waals surface area contributed by atoms with Crippen molar-refractivity contribution in [1.29, 1.82) is 0 Å². The first-order valence-electron chi connectivity index (χ1n) is 8.99. The van der Waals surface area contributed by atoms with Gasteiger partial charge in [-0.2, -0.15) is 0 Å². The van der Waals surface area contributed by atoms with Crippen LogP contribution in [-0.4, -0.2) is 10.8 Å². The van der Waals surface area contributed by atoms with Gasteiger partial charge in [0, 0.05) is 22.2 Å². The second-order valence-electron chi connectivity index (χ2n) is 6.49. The summed E-state index contributed by atoms with van der Waals surface area (Å²) >= 11 is 5.87. The maximum Gasteiger partial charge on any atom is 0.287 e. The number of hydrogen-bond donors (Lipinski definition) is 0. The zero-order valence-corrected chi connectivity index (χ0v) is 17.8. The van der Waals surface area contributed by atoms with Gasteiger partial charge in [0.2, 0.25) is 5.78 Å². The molecule has 5 heteroatoms. The smallest absolute Gasteiger partial charge is 0.287 e. The maximum atomic E-state index is 12.4. The Morgan fingerprint density at radius 3 is 2.03 bits per heavy atom. The molecule has 0 saturated carbocycles. The van der Waals surface area contributed by atoms with Crippen LogP contribution in [-0.2, 0) is 6.54 Å². The van der Waals surface area contributed by atoms with Crippen molar-refractivity contribution in [2.24, 2.45) is 0 Å². The van der Waals surface area contributed by atoms with Gasteiger partial charge < -0.3 is 17.0 Å². The van der Waals surface area contributed by atoms with E-state index < -0.39 is 0 Å². The minimum atomic E-state index is 0. The van der Waals surface area contributed by atoms with Crippen molar-refractivity contribution in [3.05, 3.63) is 108 Å². The molecule has 3 nitrogen and oxygen atoms in total. The molecule has 0 bridgehead atoms. The molecule has 4 aromatic rings. The summed E-state index contributed by atoms with van der Waals surface area (Å²) in [7, 11) is 0. The molecule has 0 saturated heterocycles. The zero-order valence-electron chi connectivity index (χ0n) is 15.5. The SMILES string of the molecule is O=C(C[n+]1ccc(-c2ccc(-c3ccccc3)cc2)nc1)c1ccc(Cl)cc1.[Br-]. The van der Waals surface area contributed by atoms with Gasteiger partial charge in [-0.1, -0.05) is 54.1 Å². The van der Waals surface area contributed by atoms with Crippen LogP contribution >= 0.6 is 11.6 Å². The molecule has 4 rings (SSSR count). The molecular formula is C24H18BrClN2O. The predicted molar refractivity (Wildman–Crippen MR) is 111 cm³/mol. The van der Waals surface area contributed by atoms with Gasteiger partial charge in [0.25, 0.3) is 6.33 Å². The van der Waals surface area contributed by atoms with Crippen molar-refractivity contribution in [2.75, 3.05) is 0 Å². The van der Waals surface area contributed by atoms with Crippen molar-refractivity contribution in [3.63, 3.8) is 0 Å². The van der Waals surface area contributed by atoms with Crippen LogP contribution in [0.1, 0.15) is 10.4 Å². The molecule has 0 aliphatic carbocycles. The van der Waals surface area contributed by atoms with Gasteiger partial charge in [0.1, 0.15) is 0 Å². The van der Waals surface area contributed by atoms with E-state index in [2.05, 4.69) is 41.4 Å². The largest absolute Gasteiger partial charge is 1.00 e. The Labute approximate surface area is 185 Å². The fraction of sp³-hybridized carbons (Fsp3) is 0.0417. The van der Waals surface area contributed by atoms with Crippen LogP contribution < -0.4 is 21.5 Å². The number of rotatable bonds is 5. The molecule has 0 atom stereocenters. The van der Waals surface area contributed by atoms with E-state index in [1.807, 2.05) is 30.5 Å². The maximum absolute atomic E-state index is 12.4. The van der Waals surface area contributed by atoms with E-state index in [0.717, 1.165) is 11.3 Å². The second kappa shape index (κ2) is 9.59. The van der Waals surface area contributed by atoms with E-state index in [1.165, 1.54) is 11.1 Å². The van der Waals surface area contributed by atoms with Gasteiger partial charge in [0.15, 0.2) is 12.2 Å². The lowest BCUT2D eigenvalue weighted by molar-refractivity contribution is -0.686. The Kier molecular flexibility index (Phi) is 6.91. The van der Waals surface area contributed by atoms with Gasteiger partial charge >= 0.3 is 0 Å². The van der Waals surface area contributed by atoms with Crippen LogP contribution in [0.25, 0.3) is 22.4 Å². The molecule has 1 heterocycles. The number of halogens is 2. The molecule has 0 spiro atoms. The monoisotopic (exact) mass is 464 g/mol. The summed E-state index contributed by atoms with van der Waals surface area (Å²) in [5.74, 6) is 0.0171. The number of hydrogen-bond acceptors (Lipinski definition) is 2. The van der Waals surface area contributed by atoms with Gasteiger partial charge in [0.05, 0.1) is 6.20 Å². The summed E-state index contributed by atoms with van der Waals surface area (Å²) < 4.78 is 1.78. The number of benzene rings is 3. The molecule has 29 heavy (non-hydrogen) atoms. The van der Waals surface area contributed by atoms with Crippen molar-refractivity contribution < 1.29 is 26.3 Å². The van der Waals surface area contributed by atoms with Gasteiger partial charge in [-0.25, -0.2) is 4.57 Å². The average molecular weight is 466 g/mol. The zero-order chi connectivity index (χ0) is 19.3. The highest BCUT2D eigenvalue weighted by molar-refractivity contribution is 6.30. The molecule has 0 aliphatic rings. The molecule has 0 radical (unpaired) electrons. The number of aromatic nitrogens is 2. The lowest BCUT2D eigenvalue weighted by Crippen LogP contribution is -3.00. The average Bonchev–Trinajstić information content (AvgIpc) is 2.75. The number of nitrogens with zero attached hydrogens (tertiary/aromatic N) is 2. The fourth-order valence-electron chi connectivity index (χ4n) is 3.01. The Balaban J connectivity index is 0.00000240. The van der Waals surface area contributed by atoms with Gasteiger partial charge in [-0.05, 0) is 52.5 Å². The molecule has 144 valence electrons. The van der Waals surface area contributed by atoms with E-state index in [4.69, 9.17) is 11.6 Å². The number of carbonyl (C=O) groups is 1. The molecule has 0 N–H and O–H groups in total. The first-order chi connectivity index (χ1) is 13.7. The molecule has 1 aromatic heterocycles. The van der Waals surface area contributed by atoms with E-state index in [1.54, 1.807) is 35.2 Å². The molecular weight excluding hydrogens is 448 g/mol. The number of carbonyl (C=O) groups excluding carboxylic acids is 1. The molecule has 3 aromatic carbocycles. The quantitative estimate of drug-likeness (QED) is 0.335. The first kappa shape index (κ1) is 20.9. The Hall–Kier alpha value is -2.82. The summed E-state index contributed by atoms with van der Waals surface area (Å²) in [6.45, 7) is 0.238. The summed E-state index contributed by atoms with van der Waals surface area (Å²) in [5.41, 5.74) is 4.90. The minimum Gasteiger partial charge on any atom is -1.00 e. The van der Waals surface area contributed by atoms with Crippen LogP contribution in [0.5, 0.6) is 0 Å². The normalized spacial score (nSPS) is 10.2. The molecule has 0 fully saturated rings. The molecule has 0 amide bonds. The second-order valence-corrected chi connectivity index (χ2v) is 6.93. The van der Waals surface area contributed by atoms with Crippen LogP contribution in [0.4, 0.5) is 0 Å². The predicted octanol–water partition coefficient (Wildman–Crippen LogP) is 2.24. The lowest BCUT2D eigenvalue weighted by Gasteiger charge is -2.03. The minimum absolute atomic E-state index is 0. The molecule has 0 unspecified atom stereocenters. The fourth-order valence-corrected chi connectivity index (χ4v) is 3.13. The van der Waals surface area contributed by atoms with Crippen LogP contribution in [0.3, 0.4) is 0 Å². The Morgan fingerprint density at radius 2 is 1.41 bits per heavy atom.